The van der Waals surface area contributed by atoms with Crippen LogP contribution >= 0.6 is 15.9 Å². The second-order valence-corrected chi connectivity index (χ2v) is 7.00. The highest BCUT2D eigenvalue weighted by Gasteiger charge is 2.42. The van der Waals surface area contributed by atoms with E-state index in [-0.39, 0.29) is 17.5 Å². The van der Waals surface area contributed by atoms with E-state index in [4.69, 9.17) is 0 Å². The zero-order valence-corrected chi connectivity index (χ0v) is 10.8. The highest BCUT2D eigenvalue weighted by atomic mass is 79.9. The van der Waals surface area contributed by atoms with Crippen molar-refractivity contribution in [3.8, 4) is 0 Å². The third-order valence-electron chi connectivity index (χ3n) is 2.63. The smallest absolute Gasteiger partial charge is 0.212 e. The Kier molecular flexibility index (Phi) is 4.65. The van der Waals surface area contributed by atoms with Crippen molar-refractivity contribution in [1.82, 2.24) is 4.72 Å². The average Bonchev–Trinajstić information content (AvgIpc) is 2.16. The van der Waals surface area contributed by atoms with E-state index in [1.807, 2.05) is 0 Å². The largest absolute Gasteiger partial charge is 0.391 e. The fourth-order valence-corrected chi connectivity index (χ4v) is 3.06. The van der Waals surface area contributed by atoms with Crippen LogP contribution in [0, 0.1) is 5.92 Å². The maximum absolute atomic E-state index is 12.4. The van der Waals surface area contributed by atoms with Gasteiger partial charge < -0.3 is 0 Å². The van der Waals surface area contributed by atoms with Gasteiger partial charge in [0.05, 0.1) is 5.92 Å². The van der Waals surface area contributed by atoms with Crippen molar-refractivity contribution in [1.29, 1.82) is 0 Å². The van der Waals surface area contributed by atoms with Gasteiger partial charge in [0.15, 0.2) is 0 Å². The number of hydrogen-bond donors (Lipinski definition) is 1. The summed E-state index contributed by atoms with van der Waals surface area (Å²) in [5, 5.41) is 0. The maximum atomic E-state index is 12.4. The number of hydrogen-bond acceptors (Lipinski definition) is 2. The molecule has 0 spiro atoms. The lowest BCUT2D eigenvalue weighted by atomic mass is 9.86. The van der Waals surface area contributed by atoms with Crippen molar-refractivity contribution in [3.05, 3.63) is 0 Å². The fraction of sp³-hybridized carbons (Fsp3) is 1.00. The SMILES string of the molecule is O=S(=O)(CBr)NC1CCCC(C(F)(F)F)C1. The molecule has 8 heteroatoms. The van der Waals surface area contributed by atoms with Crippen molar-refractivity contribution < 1.29 is 21.6 Å². The van der Waals surface area contributed by atoms with Gasteiger partial charge in [-0.25, -0.2) is 13.1 Å². The van der Waals surface area contributed by atoms with E-state index in [0.29, 0.717) is 12.8 Å². The molecule has 1 saturated carbocycles. The number of alkyl halides is 4. The van der Waals surface area contributed by atoms with Crippen LogP contribution in [-0.4, -0.2) is 25.3 Å². The van der Waals surface area contributed by atoms with Crippen LogP contribution in [0.1, 0.15) is 25.7 Å². The Hall–Kier alpha value is 0.180. The normalized spacial score (nSPS) is 28.0. The maximum Gasteiger partial charge on any atom is 0.391 e. The van der Waals surface area contributed by atoms with Gasteiger partial charge in [0.1, 0.15) is 4.66 Å². The Morgan fingerprint density at radius 3 is 2.44 bits per heavy atom. The Labute approximate surface area is 101 Å². The fourth-order valence-electron chi connectivity index (χ4n) is 1.88. The molecule has 0 aromatic rings. The molecule has 96 valence electrons. The predicted molar refractivity (Wildman–Crippen MR) is 57.7 cm³/mol. The van der Waals surface area contributed by atoms with Crippen LogP contribution in [-0.2, 0) is 10.0 Å². The monoisotopic (exact) mass is 323 g/mol. The Bertz CT molecular complexity index is 331. The van der Waals surface area contributed by atoms with Gasteiger partial charge in [0.2, 0.25) is 10.0 Å². The quantitative estimate of drug-likeness (QED) is 0.810. The van der Waals surface area contributed by atoms with Gasteiger partial charge in [0.25, 0.3) is 0 Å². The summed E-state index contributed by atoms with van der Waals surface area (Å²) in [6.07, 6.45) is -3.41. The summed E-state index contributed by atoms with van der Waals surface area (Å²) < 4.78 is 61.7. The molecule has 2 unspecified atom stereocenters. The van der Waals surface area contributed by atoms with Crippen LogP contribution in [0.3, 0.4) is 0 Å². The first-order chi connectivity index (χ1) is 7.24. The average molecular weight is 324 g/mol. The predicted octanol–water partition coefficient (Wildman–Crippen LogP) is 2.38. The van der Waals surface area contributed by atoms with Gasteiger partial charge in [-0.1, -0.05) is 22.4 Å². The second-order valence-electron chi connectivity index (χ2n) is 3.94. The van der Waals surface area contributed by atoms with Crippen LogP contribution in [0.15, 0.2) is 0 Å². The molecular weight excluding hydrogens is 311 g/mol. The first kappa shape index (κ1) is 14.2. The zero-order valence-electron chi connectivity index (χ0n) is 8.43. The lowest BCUT2D eigenvalue weighted by Gasteiger charge is -2.30. The minimum Gasteiger partial charge on any atom is -0.212 e. The molecule has 0 saturated heterocycles. The lowest BCUT2D eigenvalue weighted by Crippen LogP contribution is -2.41. The Balaban J connectivity index is 2.58. The molecule has 0 aromatic carbocycles. The molecule has 16 heavy (non-hydrogen) atoms. The minimum absolute atomic E-state index is 0.0933. The molecule has 2 atom stereocenters. The highest BCUT2D eigenvalue weighted by molar-refractivity contribution is 9.10. The molecule has 1 aliphatic carbocycles. The van der Waals surface area contributed by atoms with Gasteiger partial charge in [0, 0.05) is 6.04 Å². The second kappa shape index (κ2) is 5.22. The summed E-state index contributed by atoms with van der Waals surface area (Å²) in [4.78, 5) is 0. The van der Waals surface area contributed by atoms with E-state index in [1.54, 1.807) is 0 Å². The van der Waals surface area contributed by atoms with Crippen molar-refractivity contribution in [2.45, 2.75) is 37.9 Å². The Morgan fingerprint density at radius 1 is 1.31 bits per heavy atom. The van der Waals surface area contributed by atoms with Gasteiger partial charge in [-0.15, -0.1) is 0 Å². The van der Waals surface area contributed by atoms with Crippen LogP contribution in [0.4, 0.5) is 13.2 Å². The summed E-state index contributed by atoms with van der Waals surface area (Å²) in [7, 11) is -3.49. The molecule has 1 fully saturated rings. The van der Waals surface area contributed by atoms with Crippen molar-refractivity contribution in [2.75, 3.05) is 4.66 Å². The minimum atomic E-state index is -4.22. The summed E-state index contributed by atoms with van der Waals surface area (Å²) in [6, 6.07) is -0.595. The first-order valence-electron chi connectivity index (χ1n) is 4.87. The topological polar surface area (TPSA) is 46.2 Å². The molecular formula is C8H13BrF3NO2S. The summed E-state index contributed by atoms with van der Waals surface area (Å²) >= 11 is 2.78. The number of nitrogens with one attached hydrogen (secondary N) is 1. The summed E-state index contributed by atoms with van der Waals surface area (Å²) in [5.74, 6) is -1.38. The van der Waals surface area contributed by atoms with Crippen LogP contribution < -0.4 is 4.72 Å². The molecule has 3 nitrogen and oxygen atoms in total. The van der Waals surface area contributed by atoms with Crippen LogP contribution in [0.2, 0.25) is 0 Å². The van der Waals surface area contributed by atoms with E-state index in [9.17, 15) is 21.6 Å². The molecule has 0 amide bonds. The Morgan fingerprint density at radius 2 is 1.94 bits per heavy atom. The first-order valence-corrected chi connectivity index (χ1v) is 7.64. The molecule has 1 aliphatic rings. The molecule has 0 radical (unpaired) electrons. The van der Waals surface area contributed by atoms with Crippen molar-refractivity contribution in [3.63, 3.8) is 0 Å². The molecule has 1 rings (SSSR count). The number of halogens is 4. The lowest BCUT2D eigenvalue weighted by molar-refractivity contribution is -0.183. The van der Waals surface area contributed by atoms with Crippen molar-refractivity contribution in [2.24, 2.45) is 5.92 Å². The van der Waals surface area contributed by atoms with E-state index in [2.05, 4.69) is 20.7 Å². The van der Waals surface area contributed by atoms with E-state index in [0.717, 1.165) is 0 Å². The summed E-state index contributed by atoms with van der Waals surface area (Å²) in [6.45, 7) is 0. The van der Waals surface area contributed by atoms with E-state index < -0.39 is 28.2 Å². The standard InChI is InChI=1S/C8H13BrF3NO2S/c9-5-16(14,15)13-7-3-1-2-6(4-7)8(10,11)12/h6-7,13H,1-5H2. The van der Waals surface area contributed by atoms with Crippen molar-refractivity contribution >= 4 is 26.0 Å². The summed E-state index contributed by atoms with van der Waals surface area (Å²) in [5.41, 5.74) is 0. The number of rotatable bonds is 3. The van der Waals surface area contributed by atoms with Gasteiger partial charge in [-0.2, -0.15) is 13.2 Å². The molecule has 0 bridgehead atoms. The van der Waals surface area contributed by atoms with E-state index >= 15 is 0 Å². The zero-order chi connectivity index (χ0) is 12.4. The third-order valence-corrected chi connectivity index (χ3v) is 5.41. The molecule has 0 aromatic heterocycles. The van der Waals surface area contributed by atoms with Crippen LogP contribution in [0.5, 0.6) is 0 Å². The van der Waals surface area contributed by atoms with E-state index in [1.165, 1.54) is 0 Å². The molecule has 0 aliphatic heterocycles. The van der Waals surface area contributed by atoms with Gasteiger partial charge in [-0.3, -0.25) is 0 Å². The van der Waals surface area contributed by atoms with Crippen LogP contribution in [0.25, 0.3) is 0 Å². The third kappa shape index (κ3) is 4.21. The number of sulfonamides is 1. The molecule has 0 heterocycles. The molecule has 1 N–H and O–H groups in total. The highest BCUT2D eigenvalue weighted by Crippen LogP contribution is 2.37. The van der Waals surface area contributed by atoms with Gasteiger partial charge >= 0.3 is 6.18 Å². The van der Waals surface area contributed by atoms with Gasteiger partial charge in [-0.05, 0) is 19.3 Å².